The normalized spacial score (nSPS) is 21.1. The molecule has 0 aliphatic carbocycles. The van der Waals surface area contributed by atoms with E-state index in [-0.39, 0.29) is 23.5 Å². The quantitative estimate of drug-likeness (QED) is 0.619. The Bertz CT molecular complexity index is 1070. The van der Waals surface area contributed by atoms with Crippen LogP contribution in [-0.2, 0) is 27.6 Å². The van der Waals surface area contributed by atoms with Gasteiger partial charge in [-0.2, -0.15) is 5.10 Å². The highest BCUT2D eigenvalue weighted by Crippen LogP contribution is 2.27. The van der Waals surface area contributed by atoms with Gasteiger partial charge in [0.2, 0.25) is 5.91 Å². The van der Waals surface area contributed by atoms with Gasteiger partial charge >= 0.3 is 0 Å². The van der Waals surface area contributed by atoms with Gasteiger partial charge in [0.1, 0.15) is 0 Å². The van der Waals surface area contributed by atoms with Crippen molar-refractivity contribution in [1.29, 1.82) is 0 Å². The second-order valence-corrected chi connectivity index (χ2v) is 12.1. The Morgan fingerprint density at radius 1 is 1.12 bits per heavy atom. The van der Waals surface area contributed by atoms with Crippen LogP contribution >= 0.6 is 0 Å². The van der Waals surface area contributed by atoms with Gasteiger partial charge in [-0.3, -0.25) is 14.4 Å². The maximum atomic E-state index is 12.9. The van der Waals surface area contributed by atoms with Crippen LogP contribution in [-0.4, -0.2) is 72.1 Å². The van der Waals surface area contributed by atoms with Crippen LogP contribution in [0.4, 0.5) is 0 Å². The Labute approximate surface area is 197 Å². The Balaban J connectivity index is 1.29. The lowest BCUT2D eigenvalue weighted by Crippen LogP contribution is -2.43. The number of benzene rings is 1. The number of carbonyl (C=O) groups excluding carboxylic acids is 1. The average molecular weight is 473 g/mol. The Hall–Kier alpha value is -2.19. The number of piperidine rings is 1. The number of aromatic nitrogens is 2. The van der Waals surface area contributed by atoms with E-state index >= 15 is 0 Å². The summed E-state index contributed by atoms with van der Waals surface area (Å²) in [6.45, 7) is 6.65. The van der Waals surface area contributed by atoms with Crippen LogP contribution < -0.4 is 0 Å². The van der Waals surface area contributed by atoms with Crippen LogP contribution in [0.1, 0.15) is 47.8 Å². The first-order chi connectivity index (χ1) is 15.7. The van der Waals surface area contributed by atoms with Gasteiger partial charge in [0.05, 0.1) is 29.8 Å². The van der Waals surface area contributed by atoms with E-state index in [0.717, 1.165) is 49.3 Å². The number of sulfone groups is 1. The lowest BCUT2D eigenvalue weighted by molar-refractivity contribution is -0.133. The molecule has 2 aromatic rings. The lowest BCUT2D eigenvalue weighted by atomic mass is 9.90. The molecule has 1 atom stereocenters. The number of hydrogen-bond donors (Lipinski definition) is 0. The highest BCUT2D eigenvalue weighted by Gasteiger charge is 2.32. The van der Waals surface area contributed by atoms with Gasteiger partial charge in [0.25, 0.3) is 0 Å². The maximum absolute atomic E-state index is 12.9. The minimum Gasteiger partial charge on any atom is -0.342 e. The molecule has 1 aromatic carbocycles. The molecule has 1 amide bonds. The van der Waals surface area contributed by atoms with Gasteiger partial charge in [-0.1, -0.05) is 30.3 Å². The van der Waals surface area contributed by atoms with E-state index in [0.29, 0.717) is 25.4 Å². The van der Waals surface area contributed by atoms with Gasteiger partial charge in [-0.25, -0.2) is 8.42 Å². The summed E-state index contributed by atoms with van der Waals surface area (Å²) in [5.41, 5.74) is 4.40. The first-order valence-electron chi connectivity index (χ1n) is 12.0. The Morgan fingerprint density at radius 2 is 1.82 bits per heavy atom. The number of nitrogens with zero attached hydrogens (tertiary/aromatic N) is 4. The number of carbonyl (C=O) groups is 1. The summed E-state index contributed by atoms with van der Waals surface area (Å²) in [4.78, 5) is 17.0. The molecule has 0 N–H and O–H groups in total. The van der Waals surface area contributed by atoms with Crippen LogP contribution in [0.2, 0.25) is 0 Å². The predicted octanol–water partition coefficient (Wildman–Crippen LogP) is 2.77. The maximum Gasteiger partial charge on any atom is 0.236 e. The molecule has 1 aromatic heterocycles. The van der Waals surface area contributed by atoms with Gasteiger partial charge < -0.3 is 4.90 Å². The SMILES string of the molecule is Cc1nn([C@H]2CCS(=O)(=O)C2)c(C)c1CN(C)CC(=O)N1CCC(Cc2ccccc2)CC1. The molecule has 2 aliphatic rings. The number of aryl methyl sites for hydroxylation is 1. The summed E-state index contributed by atoms with van der Waals surface area (Å²) in [5, 5.41) is 4.65. The van der Waals surface area contributed by atoms with Crippen molar-refractivity contribution in [2.24, 2.45) is 5.92 Å². The Kier molecular flexibility index (Phi) is 7.24. The molecule has 0 radical (unpaired) electrons. The van der Waals surface area contributed by atoms with Crippen molar-refractivity contribution in [3.8, 4) is 0 Å². The molecule has 0 unspecified atom stereocenters. The van der Waals surface area contributed by atoms with Crippen molar-refractivity contribution in [2.45, 2.75) is 52.1 Å². The lowest BCUT2D eigenvalue weighted by Gasteiger charge is -2.33. The molecule has 180 valence electrons. The second-order valence-electron chi connectivity index (χ2n) is 9.84. The van der Waals surface area contributed by atoms with Crippen molar-refractivity contribution < 1.29 is 13.2 Å². The predicted molar refractivity (Wildman–Crippen MR) is 130 cm³/mol. The van der Waals surface area contributed by atoms with E-state index in [1.54, 1.807) is 0 Å². The number of amides is 1. The average Bonchev–Trinajstić information content (AvgIpc) is 3.28. The zero-order valence-corrected chi connectivity index (χ0v) is 20.9. The molecular formula is C25H36N4O3S. The number of likely N-dealkylation sites (tertiary alicyclic amines) is 1. The van der Waals surface area contributed by atoms with Crippen molar-refractivity contribution in [1.82, 2.24) is 19.6 Å². The molecule has 0 saturated carbocycles. The molecule has 8 heteroatoms. The zero-order chi connectivity index (χ0) is 23.6. The van der Waals surface area contributed by atoms with Crippen LogP contribution in [0.15, 0.2) is 30.3 Å². The van der Waals surface area contributed by atoms with Gasteiger partial charge in [-0.15, -0.1) is 0 Å². The summed E-state index contributed by atoms with van der Waals surface area (Å²) in [7, 11) is -0.990. The zero-order valence-electron chi connectivity index (χ0n) is 20.0. The third-order valence-corrected chi connectivity index (χ3v) is 8.95. The third-order valence-electron chi connectivity index (χ3n) is 7.20. The largest absolute Gasteiger partial charge is 0.342 e. The summed E-state index contributed by atoms with van der Waals surface area (Å²) < 4.78 is 25.7. The minimum absolute atomic E-state index is 0.0773. The van der Waals surface area contributed by atoms with Crippen molar-refractivity contribution in [3.05, 3.63) is 52.8 Å². The molecule has 7 nitrogen and oxygen atoms in total. The minimum atomic E-state index is -2.96. The molecule has 3 heterocycles. The van der Waals surface area contributed by atoms with E-state index < -0.39 is 9.84 Å². The highest BCUT2D eigenvalue weighted by molar-refractivity contribution is 7.91. The van der Waals surface area contributed by atoms with Crippen LogP contribution in [0.5, 0.6) is 0 Å². The van der Waals surface area contributed by atoms with E-state index in [4.69, 9.17) is 0 Å². The smallest absolute Gasteiger partial charge is 0.236 e. The van der Waals surface area contributed by atoms with E-state index in [2.05, 4.69) is 35.4 Å². The van der Waals surface area contributed by atoms with Crippen molar-refractivity contribution in [2.75, 3.05) is 38.2 Å². The van der Waals surface area contributed by atoms with Crippen LogP contribution in [0.25, 0.3) is 0 Å². The fourth-order valence-electron chi connectivity index (χ4n) is 5.24. The van der Waals surface area contributed by atoms with Crippen LogP contribution in [0, 0.1) is 19.8 Å². The fraction of sp³-hybridized carbons (Fsp3) is 0.600. The molecule has 2 saturated heterocycles. The molecule has 2 aliphatic heterocycles. The number of rotatable bonds is 7. The first kappa shape index (κ1) is 24.0. The summed E-state index contributed by atoms with van der Waals surface area (Å²) in [5.74, 6) is 1.23. The molecule has 4 rings (SSSR count). The van der Waals surface area contributed by atoms with Crippen LogP contribution in [0.3, 0.4) is 0 Å². The fourth-order valence-corrected chi connectivity index (χ4v) is 6.93. The van der Waals surface area contributed by atoms with E-state index in [1.807, 2.05) is 35.4 Å². The monoisotopic (exact) mass is 472 g/mol. The topological polar surface area (TPSA) is 75.5 Å². The number of hydrogen-bond acceptors (Lipinski definition) is 5. The molecular weight excluding hydrogens is 436 g/mol. The number of likely N-dealkylation sites (N-methyl/N-ethyl adjacent to an activating group) is 1. The molecule has 2 fully saturated rings. The first-order valence-corrected chi connectivity index (χ1v) is 13.8. The van der Waals surface area contributed by atoms with Gasteiger partial charge in [0.15, 0.2) is 9.84 Å². The third kappa shape index (κ3) is 5.84. The summed E-state index contributed by atoms with van der Waals surface area (Å²) >= 11 is 0. The summed E-state index contributed by atoms with van der Waals surface area (Å²) in [6.07, 6.45) is 3.82. The van der Waals surface area contributed by atoms with E-state index in [1.165, 1.54) is 5.56 Å². The summed E-state index contributed by atoms with van der Waals surface area (Å²) in [6, 6.07) is 10.5. The van der Waals surface area contributed by atoms with Crippen molar-refractivity contribution in [3.63, 3.8) is 0 Å². The standard InChI is InChI=1S/C25H36N4O3S/c1-19-24(20(2)29(26-19)23-11-14-33(31,32)18-23)16-27(3)17-25(30)28-12-9-22(10-13-28)15-21-7-5-4-6-8-21/h4-8,22-23H,9-18H2,1-3H3/t23-/m0/s1. The Morgan fingerprint density at radius 3 is 2.45 bits per heavy atom. The second kappa shape index (κ2) is 9.97. The van der Waals surface area contributed by atoms with E-state index in [9.17, 15) is 13.2 Å². The van der Waals surface area contributed by atoms with Gasteiger partial charge in [-0.05, 0) is 58.1 Å². The molecule has 33 heavy (non-hydrogen) atoms. The highest BCUT2D eigenvalue weighted by atomic mass is 32.2. The molecule has 0 spiro atoms. The van der Waals surface area contributed by atoms with Crippen molar-refractivity contribution >= 4 is 15.7 Å². The van der Waals surface area contributed by atoms with Gasteiger partial charge in [0, 0.05) is 30.9 Å². The molecule has 0 bridgehead atoms.